The second-order valence-corrected chi connectivity index (χ2v) is 6.78. The molecule has 1 amide bonds. The number of ether oxygens (including phenoxy) is 1. The minimum Gasteiger partial charge on any atom is -0.464 e. The summed E-state index contributed by atoms with van der Waals surface area (Å²) in [5.41, 5.74) is 0.964. The number of fused-ring (bicyclic) bond motifs is 1. The van der Waals surface area contributed by atoms with Crippen LogP contribution >= 0.6 is 0 Å². The maximum absolute atomic E-state index is 12.1. The van der Waals surface area contributed by atoms with Crippen LogP contribution in [-0.2, 0) is 20.7 Å². The fourth-order valence-corrected chi connectivity index (χ4v) is 3.47. The Morgan fingerprint density at radius 2 is 1.76 bits per heavy atom. The van der Waals surface area contributed by atoms with Crippen molar-refractivity contribution in [2.45, 2.75) is 38.5 Å². The molecule has 0 aliphatic heterocycles. The molecule has 1 saturated carbocycles. The van der Waals surface area contributed by atoms with Gasteiger partial charge in [-0.3, -0.25) is 9.59 Å². The van der Waals surface area contributed by atoms with Gasteiger partial charge < -0.3 is 10.1 Å². The average Bonchev–Trinajstić information content (AvgIpc) is 2.66. The Hall–Kier alpha value is -2.36. The molecule has 0 heterocycles. The molecule has 0 spiro atoms. The van der Waals surface area contributed by atoms with Gasteiger partial charge in [-0.05, 0) is 35.1 Å². The topological polar surface area (TPSA) is 55.4 Å². The number of hydrogen-bond acceptors (Lipinski definition) is 3. The Balaban J connectivity index is 1.45. The van der Waals surface area contributed by atoms with Gasteiger partial charge in [0.25, 0.3) is 0 Å². The summed E-state index contributed by atoms with van der Waals surface area (Å²) in [5.74, 6) is -0.0214. The third-order valence-corrected chi connectivity index (χ3v) is 4.87. The zero-order valence-electron chi connectivity index (χ0n) is 14.5. The van der Waals surface area contributed by atoms with Crippen molar-refractivity contribution in [2.24, 2.45) is 5.92 Å². The summed E-state index contributed by atoms with van der Waals surface area (Å²) >= 11 is 0. The lowest BCUT2D eigenvalue weighted by molar-refractivity contribution is -0.145. The van der Waals surface area contributed by atoms with Gasteiger partial charge in [-0.25, -0.2) is 0 Å². The highest BCUT2D eigenvalue weighted by Gasteiger charge is 2.16. The van der Waals surface area contributed by atoms with Crippen molar-refractivity contribution in [3.05, 3.63) is 48.0 Å². The van der Waals surface area contributed by atoms with Crippen molar-refractivity contribution in [1.82, 2.24) is 5.32 Å². The average molecular weight is 339 g/mol. The van der Waals surface area contributed by atoms with Crippen LogP contribution in [0.4, 0.5) is 0 Å². The van der Waals surface area contributed by atoms with E-state index in [1.165, 1.54) is 19.3 Å². The van der Waals surface area contributed by atoms with Crippen LogP contribution in [0.1, 0.15) is 37.7 Å². The standard InChI is InChI=1S/C21H25NO3/c23-20(13-18-11-6-10-17-9-4-5-12-19(17)18)22-14-21(24)25-15-16-7-2-1-3-8-16/h4-6,9-12,16H,1-3,7-8,13-15H2,(H,22,23). The molecule has 1 aliphatic rings. The van der Waals surface area contributed by atoms with E-state index < -0.39 is 0 Å². The second-order valence-electron chi connectivity index (χ2n) is 6.78. The first-order valence-corrected chi connectivity index (χ1v) is 9.11. The highest BCUT2D eigenvalue weighted by Crippen LogP contribution is 2.23. The van der Waals surface area contributed by atoms with E-state index in [9.17, 15) is 9.59 Å². The molecule has 3 rings (SSSR count). The van der Waals surface area contributed by atoms with Crippen LogP contribution in [0, 0.1) is 5.92 Å². The van der Waals surface area contributed by atoms with Gasteiger partial charge in [0.15, 0.2) is 0 Å². The Labute approximate surface area is 148 Å². The molecular weight excluding hydrogens is 314 g/mol. The van der Waals surface area contributed by atoms with E-state index in [2.05, 4.69) is 5.32 Å². The van der Waals surface area contributed by atoms with Gasteiger partial charge in [0.2, 0.25) is 5.91 Å². The number of esters is 1. The zero-order chi connectivity index (χ0) is 17.5. The molecule has 0 unspecified atom stereocenters. The maximum Gasteiger partial charge on any atom is 0.325 e. The molecule has 2 aromatic rings. The fourth-order valence-electron chi connectivity index (χ4n) is 3.47. The van der Waals surface area contributed by atoms with Crippen LogP contribution in [0.5, 0.6) is 0 Å². The van der Waals surface area contributed by atoms with Crippen LogP contribution in [0.2, 0.25) is 0 Å². The van der Waals surface area contributed by atoms with Crippen molar-refractivity contribution >= 4 is 22.6 Å². The highest BCUT2D eigenvalue weighted by molar-refractivity contribution is 5.91. The zero-order valence-corrected chi connectivity index (χ0v) is 14.5. The normalized spacial score (nSPS) is 15.0. The predicted molar refractivity (Wildman–Crippen MR) is 98.2 cm³/mol. The van der Waals surface area contributed by atoms with E-state index >= 15 is 0 Å². The molecule has 0 saturated heterocycles. The van der Waals surface area contributed by atoms with E-state index in [1.807, 2.05) is 42.5 Å². The van der Waals surface area contributed by atoms with E-state index in [1.54, 1.807) is 0 Å². The monoisotopic (exact) mass is 339 g/mol. The molecule has 1 fully saturated rings. The van der Waals surface area contributed by atoms with Crippen LogP contribution in [-0.4, -0.2) is 25.0 Å². The number of nitrogens with one attached hydrogen (secondary N) is 1. The lowest BCUT2D eigenvalue weighted by atomic mass is 9.90. The minimum absolute atomic E-state index is 0.0592. The lowest BCUT2D eigenvalue weighted by Crippen LogP contribution is -2.32. The summed E-state index contributed by atoms with van der Waals surface area (Å²) < 4.78 is 5.30. The summed E-state index contributed by atoms with van der Waals surface area (Å²) in [7, 11) is 0. The molecule has 0 aromatic heterocycles. The SMILES string of the molecule is O=C(Cc1cccc2ccccc12)NCC(=O)OCC1CCCCC1. The van der Waals surface area contributed by atoms with Crippen LogP contribution in [0.25, 0.3) is 10.8 Å². The van der Waals surface area contributed by atoms with Crippen molar-refractivity contribution < 1.29 is 14.3 Å². The number of amides is 1. The molecule has 25 heavy (non-hydrogen) atoms. The van der Waals surface area contributed by atoms with E-state index in [0.29, 0.717) is 12.5 Å². The van der Waals surface area contributed by atoms with Crippen molar-refractivity contribution in [1.29, 1.82) is 0 Å². The van der Waals surface area contributed by atoms with Crippen LogP contribution in [0.3, 0.4) is 0 Å². The van der Waals surface area contributed by atoms with Gasteiger partial charge in [-0.15, -0.1) is 0 Å². The van der Waals surface area contributed by atoms with E-state index in [0.717, 1.165) is 29.2 Å². The van der Waals surface area contributed by atoms with E-state index in [-0.39, 0.29) is 24.8 Å². The van der Waals surface area contributed by atoms with Gasteiger partial charge in [0.05, 0.1) is 13.0 Å². The van der Waals surface area contributed by atoms with Gasteiger partial charge >= 0.3 is 5.97 Å². The number of benzene rings is 2. The summed E-state index contributed by atoms with van der Waals surface area (Å²) in [6.07, 6.45) is 6.28. The predicted octanol–water partition coefficient (Wildman–Crippen LogP) is 3.62. The first-order valence-electron chi connectivity index (χ1n) is 9.11. The summed E-state index contributed by atoms with van der Waals surface area (Å²) in [6.45, 7) is 0.425. The minimum atomic E-state index is -0.350. The summed E-state index contributed by atoms with van der Waals surface area (Å²) in [5, 5.41) is 4.85. The van der Waals surface area contributed by atoms with Crippen LogP contribution < -0.4 is 5.32 Å². The molecule has 0 radical (unpaired) electrons. The first kappa shape index (κ1) is 17.5. The lowest BCUT2D eigenvalue weighted by Gasteiger charge is -2.21. The third-order valence-electron chi connectivity index (χ3n) is 4.87. The van der Waals surface area contributed by atoms with Gasteiger partial charge in [-0.2, -0.15) is 0 Å². The van der Waals surface area contributed by atoms with Gasteiger partial charge in [0.1, 0.15) is 6.54 Å². The number of rotatable bonds is 6. The number of carbonyl (C=O) groups excluding carboxylic acids is 2. The molecule has 0 atom stereocenters. The highest BCUT2D eigenvalue weighted by atomic mass is 16.5. The Bertz CT molecular complexity index is 730. The van der Waals surface area contributed by atoms with Crippen molar-refractivity contribution in [3.63, 3.8) is 0 Å². The molecule has 2 aromatic carbocycles. The Kier molecular flexibility index (Phi) is 6.04. The molecule has 1 N–H and O–H groups in total. The first-order chi connectivity index (χ1) is 12.2. The van der Waals surface area contributed by atoms with Crippen molar-refractivity contribution in [2.75, 3.05) is 13.2 Å². The van der Waals surface area contributed by atoms with Crippen molar-refractivity contribution in [3.8, 4) is 0 Å². The fraction of sp³-hybridized carbons (Fsp3) is 0.429. The summed E-state index contributed by atoms with van der Waals surface area (Å²) in [6, 6.07) is 13.9. The summed E-state index contributed by atoms with van der Waals surface area (Å²) in [4.78, 5) is 24.0. The van der Waals surface area contributed by atoms with Gasteiger partial charge in [-0.1, -0.05) is 61.7 Å². The Morgan fingerprint density at radius 3 is 2.60 bits per heavy atom. The van der Waals surface area contributed by atoms with Crippen LogP contribution in [0.15, 0.2) is 42.5 Å². The smallest absolute Gasteiger partial charge is 0.325 e. The van der Waals surface area contributed by atoms with Gasteiger partial charge in [0, 0.05) is 0 Å². The quantitative estimate of drug-likeness (QED) is 0.818. The second kappa shape index (κ2) is 8.65. The molecular formula is C21H25NO3. The number of carbonyl (C=O) groups is 2. The molecule has 0 bridgehead atoms. The Morgan fingerprint density at radius 1 is 1.00 bits per heavy atom. The third kappa shape index (κ3) is 5.05. The number of hydrogen-bond donors (Lipinski definition) is 1. The largest absolute Gasteiger partial charge is 0.464 e. The molecule has 4 heteroatoms. The molecule has 132 valence electrons. The molecule has 1 aliphatic carbocycles. The van der Waals surface area contributed by atoms with E-state index in [4.69, 9.17) is 4.74 Å². The maximum atomic E-state index is 12.1. The molecule has 4 nitrogen and oxygen atoms in total.